The fourth-order valence-corrected chi connectivity index (χ4v) is 3.27. The monoisotopic (exact) mass is 314 g/mol. The molecule has 0 bridgehead atoms. The molecule has 0 spiro atoms. The molecule has 0 atom stereocenters. The van der Waals surface area contributed by atoms with Crippen LogP contribution in [0.5, 0.6) is 5.75 Å². The molecule has 0 aromatic heterocycles. The summed E-state index contributed by atoms with van der Waals surface area (Å²) in [6.07, 6.45) is 1.65. The van der Waals surface area contributed by atoms with Crippen molar-refractivity contribution in [3.8, 4) is 5.75 Å². The van der Waals surface area contributed by atoms with Gasteiger partial charge in [-0.2, -0.15) is 0 Å². The predicted molar refractivity (Wildman–Crippen MR) is 75.4 cm³/mol. The highest BCUT2D eigenvalue weighted by Crippen LogP contribution is 2.28. The molecule has 1 saturated carbocycles. The number of hydrogen-bond donors (Lipinski definition) is 1. The number of hydrogen-bond acceptors (Lipinski definition) is 5. The predicted octanol–water partition coefficient (Wildman–Crippen LogP) is 0.769. The van der Waals surface area contributed by atoms with Crippen molar-refractivity contribution >= 4 is 15.9 Å². The van der Waals surface area contributed by atoms with E-state index >= 15 is 0 Å². The Balaban J connectivity index is 2.40. The Bertz CT molecular complexity index is 640. The largest absolute Gasteiger partial charge is 0.495 e. The molecule has 7 nitrogen and oxygen atoms in total. The minimum absolute atomic E-state index is 0.0271. The van der Waals surface area contributed by atoms with Gasteiger partial charge in [0.05, 0.1) is 14.2 Å². The summed E-state index contributed by atoms with van der Waals surface area (Å²) < 4.78 is 32.3. The third-order valence-corrected chi connectivity index (χ3v) is 4.70. The number of rotatable bonds is 6. The molecule has 0 unspecified atom stereocenters. The van der Waals surface area contributed by atoms with E-state index in [1.54, 1.807) is 0 Å². The van der Waals surface area contributed by atoms with Crippen LogP contribution in [0.25, 0.3) is 0 Å². The smallest absolute Gasteiger partial charge is 0.277 e. The van der Waals surface area contributed by atoms with Crippen LogP contribution in [0.15, 0.2) is 23.1 Å². The Labute approximate surface area is 123 Å². The average Bonchev–Trinajstić information content (AvgIpc) is 3.28. The first-order valence-corrected chi connectivity index (χ1v) is 7.90. The zero-order chi connectivity index (χ0) is 15.6. The maximum atomic E-state index is 12.3. The summed E-state index contributed by atoms with van der Waals surface area (Å²) in [4.78, 5) is 16.8. The van der Waals surface area contributed by atoms with Crippen LogP contribution in [0.3, 0.4) is 0 Å². The molecule has 0 saturated heterocycles. The van der Waals surface area contributed by atoms with Crippen LogP contribution in [0.1, 0.15) is 23.2 Å². The summed E-state index contributed by atoms with van der Waals surface area (Å²) in [7, 11) is 0.471. The summed E-state index contributed by atoms with van der Waals surface area (Å²) in [6.45, 7) is 0. The standard InChI is InChI=1S/C13H18N2O5S/c1-15(20-3)13(16)9-4-7-11(19-2)12(8-9)21(17,18)14-10-5-6-10/h4,7-8,10,14H,5-6H2,1-3H3. The van der Waals surface area contributed by atoms with E-state index in [4.69, 9.17) is 9.57 Å². The number of nitrogens with zero attached hydrogens (tertiary/aromatic N) is 1. The van der Waals surface area contributed by atoms with Crippen molar-refractivity contribution < 1.29 is 22.8 Å². The van der Waals surface area contributed by atoms with Crippen LogP contribution >= 0.6 is 0 Å². The van der Waals surface area contributed by atoms with Crippen LogP contribution in [-0.2, 0) is 14.9 Å². The Morgan fingerprint density at radius 2 is 2.00 bits per heavy atom. The number of carbonyl (C=O) groups excluding carboxylic acids is 1. The lowest BCUT2D eigenvalue weighted by molar-refractivity contribution is -0.0757. The van der Waals surface area contributed by atoms with Gasteiger partial charge >= 0.3 is 0 Å². The quantitative estimate of drug-likeness (QED) is 0.784. The second kappa shape index (κ2) is 6.00. The lowest BCUT2D eigenvalue weighted by Gasteiger charge is -2.15. The fraction of sp³-hybridized carbons (Fsp3) is 0.462. The summed E-state index contributed by atoms with van der Waals surface area (Å²) in [5.41, 5.74) is 0.205. The number of sulfonamides is 1. The van der Waals surface area contributed by atoms with Gasteiger partial charge in [-0.15, -0.1) is 0 Å². The Hall–Kier alpha value is -1.64. The van der Waals surface area contributed by atoms with E-state index in [0.29, 0.717) is 0 Å². The number of carbonyl (C=O) groups is 1. The van der Waals surface area contributed by atoms with Crippen molar-refractivity contribution in [1.29, 1.82) is 0 Å². The number of ether oxygens (including phenoxy) is 1. The number of hydroxylamine groups is 2. The van der Waals surface area contributed by atoms with Crippen LogP contribution in [0.4, 0.5) is 0 Å². The molecule has 1 aromatic carbocycles. The molecule has 116 valence electrons. The summed E-state index contributed by atoms with van der Waals surface area (Å²) in [5, 5.41) is 1.02. The molecular formula is C13H18N2O5S. The summed E-state index contributed by atoms with van der Waals surface area (Å²) in [5.74, 6) is -0.247. The van der Waals surface area contributed by atoms with Gasteiger partial charge in [0.25, 0.3) is 5.91 Å². The van der Waals surface area contributed by atoms with Gasteiger partial charge in [-0.1, -0.05) is 0 Å². The van der Waals surface area contributed by atoms with Crippen molar-refractivity contribution in [3.05, 3.63) is 23.8 Å². The van der Waals surface area contributed by atoms with Crippen molar-refractivity contribution in [2.45, 2.75) is 23.8 Å². The second-order valence-corrected chi connectivity index (χ2v) is 6.43. The highest BCUT2D eigenvalue weighted by molar-refractivity contribution is 7.89. The van der Waals surface area contributed by atoms with Gasteiger partial charge in [-0.25, -0.2) is 18.2 Å². The van der Waals surface area contributed by atoms with Crippen LogP contribution in [0, 0.1) is 0 Å². The first kappa shape index (κ1) is 15.7. The van der Waals surface area contributed by atoms with Crippen molar-refractivity contribution in [3.63, 3.8) is 0 Å². The Kier molecular flexibility index (Phi) is 4.50. The van der Waals surface area contributed by atoms with Crippen LogP contribution in [-0.4, -0.2) is 46.7 Å². The summed E-state index contributed by atoms with van der Waals surface area (Å²) >= 11 is 0. The molecule has 1 N–H and O–H groups in total. The lowest BCUT2D eigenvalue weighted by Crippen LogP contribution is -2.28. The molecule has 0 aliphatic heterocycles. The first-order valence-electron chi connectivity index (χ1n) is 6.41. The van der Waals surface area contributed by atoms with E-state index < -0.39 is 15.9 Å². The Morgan fingerprint density at radius 3 is 2.52 bits per heavy atom. The lowest BCUT2D eigenvalue weighted by atomic mass is 10.2. The normalized spacial score (nSPS) is 14.8. The van der Waals surface area contributed by atoms with E-state index in [0.717, 1.165) is 17.9 Å². The SMILES string of the molecule is COc1ccc(C(=O)N(C)OC)cc1S(=O)(=O)NC1CC1. The van der Waals surface area contributed by atoms with Gasteiger partial charge in [-0.3, -0.25) is 9.63 Å². The van der Waals surface area contributed by atoms with Crippen LogP contribution < -0.4 is 9.46 Å². The fourth-order valence-electron chi connectivity index (χ4n) is 1.77. The zero-order valence-corrected chi connectivity index (χ0v) is 12.9. The van der Waals surface area contributed by atoms with Gasteiger partial charge in [0.1, 0.15) is 10.6 Å². The molecule has 2 rings (SSSR count). The molecule has 0 radical (unpaired) electrons. The van der Waals surface area contributed by atoms with Crippen molar-refractivity contribution in [2.75, 3.05) is 21.3 Å². The molecule has 1 aromatic rings. The average molecular weight is 314 g/mol. The van der Waals surface area contributed by atoms with E-state index in [9.17, 15) is 13.2 Å². The molecule has 1 amide bonds. The van der Waals surface area contributed by atoms with Gasteiger partial charge in [0.15, 0.2) is 0 Å². The van der Waals surface area contributed by atoms with Crippen molar-refractivity contribution in [2.24, 2.45) is 0 Å². The molecule has 1 aliphatic carbocycles. The topological polar surface area (TPSA) is 84.9 Å². The first-order chi connectivity index (χ1) is 9.89. The molecule has 1 aliphatic rings. The van der Waals surface area contributed by atoms with E-state index in [2.05, 4.69) is 4.72 Å². The highest BCUT2D eigenvalue weighted by Gasteiger charge is 2.30. The van der Waals surface area contributed by atoms with Crippen molar-refractivity contribution in [1.82, 2.24) is 9.79 Å². The molecule has 8 heteroatoms. The molecular weight excluding hydrogens is 296 g/mol. The number of benzene rings is 1. The van der Waals surface area contributed by atoms with E-state index in [-0.39, 0.29) is 22.3 Å². The highest BCUT2D eigenvalue weighted by atomic mass is 32.2. The minimum atomic E-state index is -3.71. The maximum Gasteiger partial charge on any atom is 0.277 e. The third kappa shape index (κ3) is 3.52. The van der Waals surface area contributed by atoms with Gasteiger partial charge in [-0.05, 0) is 31.0 Å². The van der Waals surface area contributed by atoms with Crippen LogP contribution in [0.2, 0.25) is 0 Å². The van der Waals surface area contributed by atoms with Gasteiger partial charge < -0.3 is 4.74 Å². The maximum absolute atomic E-state index is 12.3. The molecule has 0 heterocycles. The summed E-state index contributed by atoms with van der Waals surface area (Å²) in [6, 6.07) is 4.22. The minimum Gasteiger partial charge on any atom is -0.495 e. The number of nitrogens with one attached hydrogen (secondary N) is 1. The van der Waals surface area contributed by atoms with E-state index in [1.807, 2.05) is 0 Å². The second-order valence-electron chi connectivity index (χ2n) is 4.75. The van der Waals surface area contributed by atoms with E-state index in [1.165, 1.54) is 39.5 Å². The molecule has 1 fully saturated rings. The van der Waals surface area contributed by atoms with Gasteiger partial charge in [0, 0.05) is 18.7 Å². The molecule has 21 heavy (non-hydrogen) atoms. The number of methoxy groups -OCH3 is 1. The third-order valence-electron chi connectivity index (χ3n) is 3.16. The zero-order valence-electron chi connectivity index (χ0n) is 12.1. The number of amides is 1. The Morgan fingerprint density at radius 1 is 1.33 bits per heavy atom. The van der Waals surface area contributed by atoms with Gasteiger partial charge in [0.2, 0.25) is 10.0 Å².